The van der Waals surface area contributed by atoms with Crippen molar-refractivity contribution in [2.75, 3.05) is 24.6 Å². The molecule has 0 aliphatic carbocycles. The molecule has 0 amide bonds. The lowest BCUT2D eigenvalue weighted by Gasteiger charge is -2.31. The number of aliphatic hydroxyl groups is 1. The van der Waals surface area contributed by atoms with Crippen molar-refractivity contribution >= 4 is 16.7 Å². The Morgan fingerprint density at radius 1 is 1.47 bits per heavy atom. The molecule has 1 aliphatic heterocycles. The van der Waals surface area contributed by atoms with Crippen LogP contribution in [0.2, 0.25) is 0 Å². The molecule has 1 N–H and O–H groups in total. The maximum atomic E-state index is 12.3. The lowest BCUT2D eigenvalue weighted by atomic mass is 10.00. The van der Waals surface area contributed by atoms with Crippen molar-refractivity contribution in [2.45, 2.75) is 19.0 Å². The first-order valence-electron chi connectivity index (χ1n) is 5.27. The van der Waals surface area contributed by atoms with E-state index in [-0.39, 0.29) is 17.7 Å². The van der Waals surface area contributed by atoms with Gasteiger partial charge in [0.25, 0.3) is 0 Å². The van der Waals surface area contributed by atoms with Crippen molar-refractivity contribution in [3.8, 4) is 0 Å². The summed E-state index contributed by atoms with van der Waals surface area (Å²) >= 11 is 0.759. The smallest absolute Gasteiger partial charge is 0.396 e. The molecule has 0 saturated carbocycles. The molecule has 0 spiro atoms. The zero-order valence-electron chi connectivity index (χ0n) is 8.94. The monoisotopic (exact) mass is 267 g/mol. The first-order valence-corrected chi connectivity index (χ1v) is 6.04. The molecule has 1 aromatic heterocycles. The molecule has 17 heavy (non-hydrogen) atoms. The molecule has 1 atom stereocenters. The van der Waals surface area contributed by atoms with E-state index in [1.165, 1.54) is 0 Å². The predicted molar refractivity (Wildman–Crippen MR) is 56.9 cm³/mol. The van der Waals surface area contributed by atoms with Crippen LogP contribution in [0.25, 0.3) is 0 Å². The topological polar surface area (TPSA) is 49.2 Å². The van der Waals surface area contributed by atoms with Crippen LogP contribution in [0, 0.1) is 5.92 Å². The van der Waals surface area contributed by atoms with Crippen LogP contribution < -0.4 is 4.90 Å². The van der Waals surface area contributed by atoms with Gasteiger partial charge in [0.05, 0.1) is 0 Å². The van der Waals surface area contributed by atoms with E-state index in [0.29, 0.717) is 13.1 Å². The van der Waals surface area contributed by atoms with Crippen LogP contribution in [0.5, 0.6) is 0 Å². The zero-order valence-corrected chi connectivity index (χ0v) is 9.76. The Labute approximate surface area is 100 Å². The Bertz CT molecular complexity index is 382. The van der Waals surface area contributed by atoms with E-state index in [1.54, 1.807) is 4.90 Å². The second-order valence-corrected chi connectivity index (χ2v) is 4.77. The summed E-state index contributed by atoms with van der Waals surface area (Å²) < 4.78 is 40.3. The summed E-state index contributed by atoms with van der Waals surface area (Å²) in [5, 5.41) is 9.34. The molecule has 1 saturated heterocycles. The van der Waals surface area contributed by atoms with E-state index in [1.807, 2.05) is 0 Å². The van der Waals surface area contributed by atoms with Crippen molar-refractivity contribution in [3.63, 3.8) is 0 Å². The lowest BCUT2D eigenvalue weighted by Crippen LogP contribution is -2.36. The fourth-order valence-corrected chi connectivity index (χ4v) is 2.57. The average molecular weight is 267 g/mol. The Morgan fingerprint density at radius 3 is 2.82 bits per heavy atom. The van der Waals surface area contributed by atoms with Gasteiger partial charge in [0.2, 0.25) is 11.0 Å². The average Bonchev–Trinajstić information content (AvgIpc) is 2.78. The zero-order chi connectivity index (χ0) is 12.5. The molecule has 0 bridgehead atoms. The molecule has 1 unspecified atom stereocenters. The van der Waals surface area contributed by atoms with Gasteiger partial charge < -0.3 is 10.0 Å². The summed E-state index contributed by atoms with van der Waals surface area (Å²) in [6.45, 7) is 1.27. The minimum atomic E-state index is -4.49. The summed E-state index contributed by atoms with van der Waals surface area (Å²) in [7, 11) is 0. The molecule has 8 heteroatoms. The molecule has 1 fully saturated rings. The second kappa shape index (κ2) is 4.77. The van der Waals surface area contributed by atoms with E-state index in [4.69, 9.17) is 5.11 Å². The molecule has 0 aromatic carbocycles. The molecular formula is C9H12F3N3OS. The molecule has 0 radical (unpaired) electrons. The van der Waals surface area contributed by atoms with Crippen LogP contribution in [0.1, 0.15) is 18.7 Å². The van der Waals surface area contributed by atoms with Gasteiger partial charge in [-0.15, -0.1) is 0 Å². The molecule has 2 heterocycles. The minimum absolute atomic E-state index is 0.0570. The normalized spacial score (nSPS) is 21.9. The Morgan fingerprint density at radius 2 is 2.24 bits per heavy atom. The highest BCUT2D eigenvalue weighted by Crippen LogP contribution is 2.31. The highest BCUT2D eigenvalue weighted by molar-refractivity contribution is 7.09. The van der Waals surface area contributed by atoms with Crippen molar-refractivity contribution in [3.05, 3.63) is 5.82 Å². The Balaban J connectivity index is 2.09. The van der Waals surface area contributed by atoms with Gasteiger partial charge in [0.1, 0.15) is 0 Å². The largest absolute Gasteiger partial charge is 0.452 e. The number of aliphatic hydroxyl groups excluding tert-OH is 1. The summed E-state index contributed by atoms with van der Waals surface area (Å²) in [5.74, 6) is -0.967. The standard InChI is InChI=1S/C9H12F3N3OS/c10-9(11,12)7-13-8(17-14-7)15-3-1-2-6(4-15)5-16/h6,16H,1-5H2. The number of rotatable bonds is 2. The highest BCUT2D eigenvalue weighted by Gasteiger charge is 2.37. The van der Waals surface area contributed by atoms with E-state index in [0.717, 1.165) is 24.4 Å². The van der Waals surface area contributed by atoms with Crippen molar-refractivity contribution in [1.82, 2.24) is 9.36 Å². The summed E-state index contributed by atoms with van der Waals surface area (Å²) in [4.78, 5) is 5.26. The third-order valence-electron chi connectivity index (χ3n) is 2.72. The highest BCUT2D eigenvalue weighted by atomic mass is 32.1. The SMILES string of the molecule is OCC1CCCN(c2nc(C(F)(F)F)ns2)C1. The Kier molecular flexibility index (Phi) is 3.53. The van der Waals surface area contributed by atoms with E-state index in [9.17, 15) is 13.2 Å². The minimum Gasteiger partial charge on any atom is -0.396 e. The fraction of sp³-hybridized carbons (Fsp3) is 0.778. The maximum Gasteiger partial charge on any atom is 0.452 e. The first kappa shape index (κ1) is 12.6. The fourth-order valence-electron chi connectivity index (χ4n) is 1.85. The number of alkyl halides is 3. The van der Waals surface area contributed by atoms with Gasteiger partial charge in [-0.2, -0.15) is 22.5 Å². The number of hydrogen-bond donors (Lipinski definition) is 1. The van der Waals surface area contributed by atoms with Crippen LogP contribution in [0.4, 0.5) is 18.3 Å². The third-order valence-corrected chi connectivity index (χ3v) is 3.49. The van der Waals surface area contributed by atoms with E-state index < -0.39 is 12.0 Å². The first-order chi connectivity index (χ1) is 8.00. The third kappa shape index (κ3) is 2.86. The van der Waals surface area contributed by atoms with Crippen LogP contribution in [-0.2, 0) is 6.18 Å². The van der Waals surface area contributed by atoms with E-state index in [2.05, 4.69) is 9.36 Å². The maximum absolute atomic E-state index is 12.3. The number of anilines is 1. The van der Waals surface area contributed by atoms with Crippen molar-refractivity contribution in [2.24, 2.45) is 5.92 Å². The van der Waals surface area contributed by atoms with Gasteiger partial charge in [-0.25, -0.2) is 0 Å². The number of aromatic nitrogens is 2. The molecule has 2 rings (SSSR count). The summed E-state index contributed by atoms with van der Waals surface area (Å²) in [6.07, 6.45) is -2.73. The van der Waals surface area contributed by atoms with Gasteiger partial charge >= 0.3 is 6.18 Å². The van der Waals surface area contributed by atoms with Crippen LogP contribution in [0.3, 0.4) is 0 Å². The van der Waals surface area contributed by atoms with Gasteiger partial charge in [-0.05, 0) is 18.8 Å². The van der Waals surface area contributed by atoms with Crippen molar-refractivity contribution in [1.29, 1.82) is 0 Å². The lowest BCUT2D eigenvalue weighted by molar-refractivity contribution is -0.144. The van der Waals surface area contributed by atoms with Gasteiger partial charge in [-0.1, -0.05) is 0 Å². The number of nitrogens with zero attached hydrogens (tertiary/aromatic N) is 3. The quantitative estimate of drug-likeness (QED) is 0.887. The number of piperidine rings is 1. The Hall–Kier alpha value is -0.890. The van der Waals surface area contributed by atoms with Crippen LogP contribution >= 0.6 is 11.5 Å². The predicted octanol–water partition coefficient (Wildman–Crippen LogP) is 1.77. The van der Waals surface area contributed by atoms with E-state index >= 15 is 0 Å². The van der Waals surface area contributed by atoms with Crippen LogP contribution in [0.15, 0.2) is 0 Å². The van der Waals surface area contributed by atoms with Crippen LogP contribution in [-0.4, -0.2) is 34.2 Å². The van der Waals surface area contributed by atoms with Crippen molar-refractivity contribution < 1.29 is 18.3 Å². The second-order valence-electron chi connectivity index (χ2n) is 4.04. The number of halogens is 3. The van der Waals surface area contributed by atoms with Gasteiger partial charge in [-0.3, -0.25) is 0 Å². The number of hydrogen-bond acceptors (Lipinski definition) is 5. The molecule has 1 aliphatic rings. The summed E-state index contributed by atoms with van der Waals surface area (Å²) in [6, 6.07) is 0. The van der Waals surface area contributed by atoms with Gasteiger partial charge in [0, 0.05) is 31.2 Å². The molecule has 96 valence electrons. The molecule has 1 aromatic rings. The molecular weight excluding hydrogens is 255 g/mol. The molecule has 4 nitrogen and oxygen atoms in total. The van der Waals surface area contributed by atoms with Gasteiger partial charge in [0.15, 0.2) is 0 Å². The summed E-state index contributed by atoms with van der Waals surface area (Å²) in [5.41, 5.74) is 0.